The molecule has 2 heteroatoms. The summed E-state index contributed by atoms with van der Waals surface area (Å²) in [5, 5.41) is 0. The summed E-state index contributed by atoms with van der Waals surface area (Å²) in [7, 11) is 0. The Labute approximate surface area is 291 Å². The predicted molar refractivity (Wildman–Crippen MR) is 207 cm³/mol. The predicted octanol–water partition coefficient (Wildman–Crippen LogP) is 15.0. The summed E-state index contributed by atoms with van der Waals surface area (Å²) >= 11 is 0. The first-order chi connectivity index (χ1) is 22.8. The highest BCUT2D eigenvalue weighted by Crippen LogP contribution is 2.16. The van der Waals surface area contributed by atoms with Crippen LogP contribution in [0.2, 0.25) is 0 Å². The molecule has 0 spiro atoms. The van der Waals surface area contributed by atoms with Crippen LogP contribution < -0.4 is 4.57 Å². The lowest BCUT2D eigenvalue weighted by Crippen LogP contribution is -2.37. The zero-order valence-electron chi connectivity index (χ0n) is 32.4. The Morgan fingerprint density at radius 3 is 1.04 bits per heavy atom. The molecule has 0 bridgehead atoms. The second-order valence-electron chi connectivity index (χ2n) is 15.2. The first kappa shape index (κ1) is 43.2. The lowest BCUT2D eigenvalue weighted by molar-refractivity contribution is -0.704. The molecule has 1 heterocycles. The summed E-state index contributed by atoms with van der Waals surface area (Å²) in [4.78, 5) is 0. The van der Waals surface area contributed by atoms with Crippen molar-refractivity contribution in [3.63, 3.8) is 0 Å². The fraction of sp³-hybridized carbons (Fsp3) is 0.932. The molecule has 0 atom stereocenters. The highest BCUT2D eigenvalue weighted by atomic mass is 15.1. The third-order valence-electron chi connectivity index (χ3n) is 10.6. The quantitative estimate of drug-likeness (QED) is 0.0501. The number of aromatic nitrogens is 2. The van der Waals surface area contributed by atoms with Crippen LogP contribution in [-0.2, 0) is 19.5 Å². The van der Waals surface area contributed by atoms with Gasteiger partial charge in [0.05, 0.1) is 13.1 Å². The van der Waals surface area contributed by atoms with E-state index in [9.17, 15) is 0 Å². The maximum atomic E-state index is 2.64. The number of hydrogen-bond acceptors (Lipinski definition) is 0. The van der Waals surface area contributed by atoms with Crippen molar-refractivity contribution in [2.24, 2.45) is 0 Å². The largest absolute Gasteiger partial charge is 0.256 e. The van der Waals surface area contributed by atoms with Crippen molar-refractivity contribution in [1.82, 2.24) is 4.57 Å². The molecule has 0 fully saturated rings. The Morgan fingerprint density at radius 1 is 0.370 bits per heavy atom. The average Bonchev–Trinajstić information content (AvgIpc) is 3.45. The van der Waals surface area contributed by atoms with Crippen molar-refractivity contribution in [2.45, 2.75) is 265 Å². The second kappa shape index (κ2) is 35.5. The molecule has 2 nitrogen and oxygen atoms in total. The van der Waals surface area contributed by atoms with E-state index < -0.39 is 0 Å². The van der Waals surface area contributed by atoms with Crippen molar-refractivity contribution in [1.29, 1.82) is 0 Å². The zero-order chi connectivity index (χ0) is 33.0. The molecule has 272 valence electrons. The van der Waals surface area contributed by atoms with Crippen molar-refractivity contribution < 1.29 is 4.57 Å². The molecule has 0 aliphatic carbocycles. The first-order valence-corrected chi connectivity index (χ1v) is 21.9. The molecule has 1 aromatic heterocycles. The summed E-state index contributed by atoms with van der Waals surface area (Å²) in [6.45, 7) is 9.41. The van der Waals surface area contributed by atoms with E-state index in [0.29, 0.717) is 0 Å². The highest BCUT2D eigenvalue weighted by molar-refractivity contribution is 4.84. The third kappa shape index (κ3) is 27.2. The fourth-order valence-corrected chi connectivity index (χ4v) is 7.39. The molecule has 0 saturated carbocycles. The van der Waals surface area contributed by atoms with Crippen LogP contribution in [0.5, 0.6) is 0 Å². The van der Waals surface area contributed by atoms with Gasteiger partial charge in [0.1, 0.15) is 12.4 Å². The summed E-state index contributed by atoms with van der Waals surface area (Å²) in [5.41, 5.74) is 0. The SMILES string of the molecule is CCCCCCCCCCCCCCCCCCc1n(CCCCCCCC)cc[n+]1CCCCCCCCCCCCCCC. The van der Waals surface area contributed by atoms with Gasteiger partial charge in [-0.3, -0.25) is 0 Å². The van der Waals surface area contributed by atoms with Crippen LogP contribution >= 0.6 is 0 Å². The minimum absolute atomic E-state index is 1.23. The van der Waals surface area contributed by atoms with E-state index in [1.807, 2.05) is 0 Å². The fourth-order valence-electron chi connectivity index (χ4n) is 7.39. The second-order valence-corrected chi connectivity index (χ2v) is 15.2. The monoisotopic (exact) mass is 644 g/mol. The minimum Gasteiger partial charge on any atom is -0.234 e. The molecule has 46 heavy (non-hydrogen) atoms. The highest BCUT2D eigenvalue weighted by Gasteiger charge is 2.16. The Kier molecular flexibility index (Phi) is 33.4. The van der Waals surface area contributed by atoms with Crippen LogP contribution in [0.1, 0.15) is 251 Å². The van der Waals surface area contributed by atoms with Gasteiger partial charge in [0, 0.05) is 6.42 Å². The molecule has 0 radical (unpaired) electrons. The summed E-state index contributed by atoms with van der Waals surface area (Å²) in [6.07, 6.45) is 56.4. The summed E-state index contributed by atoms with van der Waals surface area (Å²) in [6, 6.07) is 0. The van der Waals surface area contributed by atoms with E-state index in [2.05, 4.69) is 42.3 Å². The average molecular weight is 644 g/mol. The molecular formula is C44H87N2+. The van der Waals surface area contributed by atoms with E-state index in [0.717, 1.165) is 0 Å². The number of rotatable bonds is 38. The molecule has 1 aromatic rings. The van der Waals surface area contributed by atoms with Gasteiger partial charge in [0.2, 0.25) is 0 Å². The molecule has 0 amide bonds. The van der Waals surface area contributed by atoms with Gasteiger partial charge >= 0.3 is 0 Å². The maximum Gasteiger partial charge on any atom is 0.256 e. The zero-order valence-corrected chi connectivity index (χ0v) is 32.4. The van der Waals surface area contributed by atoms with E-state index in [4.69, 9.17) is 0 Å². The van der Waals surface area contributed by atoms with Gasteiger partial charge in [-0.25, -0.2) is 9.13 Å². The van der Waals surface area contributed by atoms with Crippen LogP contribution in [0.15, 0.2) is 12.4 Å². The van der Waals surface area contributed by atoms with Crippen LogP contribution in [0.25, 0.3) is 0 Å². The van der Waals surface area contributed by atoms with Gasteiger partial charge < -0.3 is 0 Å². The number of nitrogens with zero attached hydrogens (tertiary/aromatic N) is 2. The molecule has 0 aromatic carbocycles. The van der Waals surface area contributed by atoms with Crippen LogP contribution in [0.3, 0.4) is 0 Å². The van der Waals surface area contributed by atoms with Gasteiger partial charge in [-0.15, -0.1) is 0 Å². The minimum atomic E-state index is 1.23. The Hall–Kier alpha value is -0.790. The molecule has 0 unspecified atom stereocenters. The number of aryl methyl sites for hydroxylation is 2. The number of unbranched alkanes of at least 4 members (excludes halogenated alkanes) is 32. The van der Waals surface area contributed by atoms with Crippen LogP contribution in [-0.4, -0.2) is 4.57 Å². The van der Waals surface area contributed by atoms with Crippen LogP contribution in [0.4, 0.5) is 0 Å². The Morgan fingerprint density at radius 2 is 0.674 bits per heavy atom. The van der Waals surface area contributed by atoms with Gasteiger partial charge in [0.15, 0.2) is 0 Å². The molecule has 0 aliphatic heterocycles. The van der Waals surface area contributed by atoms with Crippen molar-refractivity contribution in [3.05, 3.63) is 18.2 Å². The van der Waals surface area contributed by atoms with E-state index in [-0.39, 0.29) is 0 Å². The number of imidazole rings is 1. The summed E-state index contributed by atoms with van der Waals surface area (Å²) in [5.74, 6) is 1.62. The lowest BCUT2D eigenvalue weighted by Gasteiger charge is -2.07. The Bertz CT molecular complexity index is 707. The first-order valence-electron chi connectivity index (χ1n) is 21.9. The van der Waals surface area contributed by atoms with E-state index >= 15 is 0 Å². The maximum absolute atomic E-state index is 2.64. The molecule has 1 rings (SSSR count). The van der Waals surface area contributed by atoms with Crippen molar-refractivity contribution in [2.75, 3.05) is 0 Å². The molecule has 0 N–H and O–H groups in total. The van der Waals surface area contributed by atoms with Gasteiger partial charge in [-0.1, -0.05) is 213 Å². The van der Waals surface area contributed by atoms with E-state index in [1.54, 1.807) is 5.82 Å². The standard InChI is InChI=1S/C44H87N2/c1-4-7-10-13-16-18-20-22-23-24-25-27-29-31-33-36-39-44-45(40-37-34-15-12-9-6-3)42-43-46(44)41-38-35-32-30-28-26-21-19-17-14-11-8-5-2/h42-43H,4-41H2,1-3H3/q+1. The van der Waals surface area contributed by atoms with Crippen molar-refractivity contribution >= 4 is 0 Å². The normalized spacial score (nSPS) is 11.6. The summed E-state index contributed by atoms with van der Waals surface area (Å²) < 4.78 is 5.27. The van der Waals surface area contributed by atoms with E-state index in [1.165, 1.54) is 244 Å². The lowest BCUT2D eigenvalue weighted by atomic mass is 10.0. The van der Waals surface area contributed by atoms with Gasteiger partial charge in [0.25, 0.3) is 5.82 Å². The topological polar surface area (TPSA) is 8.81 Å². The molecule has 0 saturated heterocycles. The van der Waals surface area contributed by atoms with Gasteiger partial charge in [-0.05, 0) is 32.1 Å². The third-order valence-corrected chi connectivity index (χ3v) is 10.6. The molecular weight excluding hydrogens is 556 g/mol. The number of hydrogen-bond donors (Lipinski definition) is 0. The van der Waals surface area contributed by atoms with Gasteiger partial charge in [-0.2, -0.15) is 0 Å². The van der Waals surface area contributed by atoms with Crippen molar-refractivity contribution in [3.8, 4) is 0 Å². The smallest absolute Gasteiger partial charge is 0.234 e. The van der Waals surface area contributed by atoms with Crippen LogP contribution in [0, 0.1) is 0 Å². The Balaban J connectivity index is 2.20. The molecule has 0 aliphatic rings.